The van der Waals surface area contributed by atoms with E-state index in [4.69, 9.17) is 4.74 Å². The van der Waals surface area contributed by atoms with Crippen LogP contribution in [0, 0.1) is 0 Å². The Morgan fingerprint density at radius 1 is 0.964 bits per heavy atom. The molecule has 0 radical (unpaired) electrons. The maximum absolute atomic E-state index is 12.3. The molecule has 0 saturated heterocycles. The minimum absolute atomic E-state index is 0.0116. The minimum atomic E-state index is -3.83. The summed E-state index contributed by atoms with van der Waals surface area (Å²) in [7, 11) is -0.783. The number of methoxy groups -OCH3 is 1. The van der Waals surface area contributed by atoms with Crippen molar-refractivity contribution in [3.8, 4) is 0 Å². The van der Waals surface area contributed by atoms with E-state index in [0.29, 0.717) is 0 Å². The lowest BCUT2D eigenvalue weighted by Crippen LogP contribution is -2.31. The molecule has 2 aromatic rings. The highest BCUT2D eigenvalue weighted by molar-refractivity contribution is 7.87. The molecule has 0 saturated carbocycles. The third kappa shape index (κ3) is 3.97. The summed E-state index contributed by atoms with van der Waals surface area (Å²) in [5.74, 6) is 0. The highest BCUT2D eigenvalue weighted by Gasteiger charge is 2.38. The second-order valence-electron chi connectivity index (χ2n) is 6.36. The lowest BCUT2D eigenvalue weighted by Gasteiger charge is -2.24. The van der Waals surface area contributed by atoms with E-state index in [9.17, 15) is 21.9 Å². The zero-order valence-electron chi connectivity index (χ0n) is 16.2. The van der Waals surface area contributed by atoms with Gasteiger partial charge in [0, 0.05) is 60.7 Å². The smallest absolute Gasteiger partial charge is 0.308 e. The van der Waals surface area contributed by atoms with Gasteiger partial charge in [-0.3, -0.25) is 0 Å². The zero-order valence-corrected chi connectivity index (χ0v) is 17.8. The fraction of sp³-hybridized carbons (Fsp3) is 0.571. The van der Waals surface area contributed by atoms with Crippen LogP contribution in [-0.2, 0) is 30.8 Å². The first-order valence-electron chi connectivity index (χ1n) is 8.03. The van der Waals surface area contributed by atoms with Gasteiger partial charge in [-0.1, -0.05) is 0 Å². The average Bonchev–Trinajstić information content (AvgIpc) is 3.29. The van der Waals surface area contributed by atoms with E-state index in [0.717, 1.165) is 41.6 Å². The highest BCUT2D eigenvalue weighted by Crippen LogP contribution is 2.31. The Bertz CT molecular complexity index is 948. The van der Waals surface area contributed by atoms with Crippen molar-refractivity contribution in [1.82, 2.24) is 26.5 Å². The number of aromatic nitrogens is 4. The van der Waals surface area contributed by atoms with Gasteiger partial charge in [-0.2, -0.15) is 25.4 Å². The Hall–Kier alpha value is -1.84. The van der Waals surface area contributed by atoms with Gasteiger partial charge in [0.05, 0.1) is 11.4 Å². The molecule has 12 nitrogen and oxygen atoms in total. The van der Waals surface area contributed by atoms with Crippen LogP contribution in [0.25, 0.3) is 0 Å². The maximum Gasteiger partial charge on any atom is 0.308 e. The number of rotatable bonds is 9. The van der Waals surface area contributed by atoms with Crippen LogP contribution in [0.3, 0.4) is 0 Å². The van der Waals surface area contributed by atoms with E-state index >= 15 is 0 Å². The van der Waals surface area contributed by atoms with Crippen LogP contribution in [-0.4, -0.2) is 90.4 Å². The second kappa shape index (κ2) is 7.88. The molecule has 0 aromatic carbocycles. The molecule has 0 spiro atoms. The van der Waals surface area contributed by atoms with Crippen LogP contribution in [0.1, 0.15) is 17.8 Å². The molecule has 2 aromatic heterocycles. The van der Waals surface area contributed by atoms with Crippen LogP contribution >= 0.6 is 0 Å². The largest absolute Gasteiger partial charge is 0.385 e. The first kappa shape index (κ1) is 22.4. The third-order valence-electron chi connectivity index (χ3n) is 4.09. The summed E-state index contributed by atoms with van der Waals surface area (Å²) in [6.45, 7) is 0.0943. The number of hydrogen-bond donors (Lipinski definition) is 1. The second-order valence-corrected chi connectivity index (χ2v) is 10.5. The Balaban J connectivity index is 2.55. The number of nitrogens with zero attached hydrogens (tertiary/aromatic N) is 6. The number of imidazole rings is 2. The quantitative estimate of drug-likeness (QED) is 0.509. The normalized spacial score (nSPS) is 13.6. The van der Waals surface area contributed by atoms with Gasteiger partial charge in [-0.25, -0.2) is 17.9 Å². The van der Waals surface area contributed by atoms with Gasteiger partial charge < -0.3 is 9.84 Å². The van der Waals surface area contributed by atoms with Gasteiger partial charge in [0.2, 0.25) is 0 Å². The van der Waals surface area contributed by atoms with Crippen molar-refractivity contribution in [3.05, 3.63) is 36.4 Å². The van der Waals surface area contributed by atoms with Gasteiger partial charge in [-0.05, 0) is 0 Å². The summed E-state index contributed by atoms with van der Waals surface area (Å²) in [6.07, 6.45) is 4.39. The summed E-state index contributed by atoms with van der Waals surface area (Å²) < 4.78 is 57.8. The standard InChI is InChI=1S/C14H24N6O6S2/c1-17(2)27(22,23)19-8-12(15-10-19)14(21,6-7-26-5)13-9-20(11-16-13)28(24,25)18(3)4/h8-11,21H,6-7H2,1-5H3. The van der Waals surface area contributed by atoms with Crippen molar-refractivity contribution in [2.24, 2.45) is 0 Å². The fourth-order valence-corrected chi connectivity index (χ4v) is 3.86. The highest BCUT2D eigenvalue weighted by atomic mass is 32.2. The third-order valence-corrected chi connectivity index (χ3v) is 7.40. The Morgan fingerprint density at radius 3 is 1.68 bits per heavy atom. The molecule has 28 heavy (non-hydrogen) atoms. The topological polar surface area (TPSA) is 140 Å². The monoisotopic (exact) mass is 436 g/mol. The molecule has 0 amide bonds. The van der Waals surface area contributed by atoms with Crippen molar-refractivity contribution in [1.29, 1.82) is 0 Å². The Kier molecular flexibility index (Phi) is 6.32. The Labute approximate surface area is 164 Å². The van der Waals surface area contributed by atoms with Gasteiger partial charge in [0.15, 0.2) is 5.60 Å². The van der Waals surface area contributed by atoms with E-state index in [-0.39, 0.29) is 24.4 Å². The van der Waals surface area contributed by atoms with E-state index in [1.807, 2.05) is 0 Å². The maximum atomic E-state index is 12.3. The molecule has 1 N–H and O–H groups in total. The molecule has 0 aliphatic heterocycles. The summed E-state index contributed by atoms with van der Waals surface area (Å²) >= 11 is 0. The van der Waals surface area contributed by atoms with E-state index in [2.05, 4.69) is 9.97 Å². The molecule has 0 aliphatic rings. The predicted molar refractivity (Wildman–Crippen MR) is 100.0 cm³/mol. The molecule has 2 heterocycles. The SMILES string of the molecule is COCCC(O)(c1cn(S(=O)(=O)N(C)C)cn1)c1cn(S(=O)(=O)N(C)C)cn1. The summed E-state index contributed by atoms with van der Waals surface area (Å²) in [5, 5.41) is 11.3. The van der Waals surface area contributed by atoms with Gasteiger partial charge in [-0.15, -0.1) is 0 Å². The van der Waals surface area contributed by atoms with Gasteiger partial charge in [0.25, 0.3) is 0 Å². The number of ether oxygens (including phenoxy) is 1. The van der Waals surface area contributed by atoms with E-state index in [1.165, 1.54) is 35.3 Å². The fourth-order valence-electron chi connectivity index (χ4n) is 2.31. The predicted octanol–water partition coefficient (Wildman–Crippen LogP) is -1.34. The molecular weight excluding hydrogens is 412 g/mol. The van der Waals surface area contributed by atoms with Crippen LogP contribution in [0.2, 0.25) is 0 Å². The number of hydrogen-bond acceptors (Lipinski definition) is 8. The van der Waals surface area contributed by atoms with Crippen LogP contribution in [0.15, 0.2) is 25.0 Å². The van der Waals surface area contributed by atoms with Crippen LogP contribution in [0.5, 0.6) is 0 Å². The molecule has 14 heteroatoms. The summed E-state index contributed by atoms with van der Waals surface area (Å²) in [6, 6.07) is 0. The van der Waals surface area contributed by atoms with Crippen LogP contribution < -0.4 is 0 Å². The average molecular weight is 437 g/mol. The van der Waals surface area contributed by atoms with E-state index in [1.54, 1.807) is 0 Å². The molecule has 0 bridgehead atoms. The number of aliphatic hydroxyl groups is 1. The molecular formula is C14H24N6O6S2. The molecule has 2 rings (SSSR count). The van der Waals surface area contributed by atoms with Crippen molar-refractivity contribution in [3.63, 3.8) is 0 Å². The first-order chi connectivity index (χ1) is 12.9. The van der Waals surface area contributed by atoms with Gasteiger partial charge in [0.1, 0.15) is 12.7 Å². The molecule has 158 valence electrons. The summed E-state index contributed by atoms with van der Waals surface area (Å²) in [5.41, 5.74) is -1.89. The van der Waals surface area contributed by atoms with Crippen LogP contribution in [0.4, 0.5) is 0 Å². The molecule has 0 unspecified atom stereocenters. The molecule has 0 atom stereocenters. The summed E-state index contributed by atoms with van der Waals surface area (Å²) in [4.78, 5) is 8.03. The molecule has 0 aliphatic carbocycles. The van der Waals surface area contributed by atoms with E-state index < -0.39 is 26.0 Å². The minimum Gasteiger partial charge on any atom is -0.385 e. The first-order valence-corrected chi connectivity index (χ1v) is 10.8. The van der Waals surface area contributed by atoms with Crippen molar-refractivity contribution in [2.75, 3.05) is 41.9 Å². The zero-order chi connectivity index (χ0) is 21.3. The van der Waals surface area contributed by atoms with Crippen molar-refractivity contribution >= 4 is 20.4 Å². The van der Waals surface area contributed by atoms with Crippen molar-refractivity contribution < 1.29 is 26.7 Å². The van der Waals surface area contributed by atoms with Gasteiger partial charge >= 0.3 is 20.4 Å². The van der Waals surface area contributed by atoms with Crippen molar-refractivity contribution in [2.45, 2.75) is 12.0 Å². The molecule has 0 fully saturated rings. The lowest BCUT2D eigenvalue weighted by molar-refractivity contribution is 0.0337. The lowest BCUT2D eigenvalue weighted by atomic mass is 9.93. The Morgan fingerprint density at radius 2 is 1.36 bits per heavy atom.